The van der Waals surface area contributed by atoms with E-state index in [0.29, 0.717) is 6.54 Å². The Morgan fingerprint density at radius 2 is 2.00 bits per heavy atom. The fraction of sp³-hybridized carbons (Fsp3) is 0.462. The Morgan fingerprint density at radius 1 is 1.32 bits per heavy atom. The van der Waals surface area contributed by atoms with E-state index in [9.17, 15) is 4.79 Å². The maximum atomic E-state index is 12.0. The molecule has 0 saturated heterocycles. The van der Waals surface area contributed by atoms with E-state index in [1.807, 2.05) is 40.9 Å². The number of aryl methyl sites for hydroxylation is 4. The van der Waals surface area contributed by atoms with Crippen molar-refractivity contribution in [2.24, 2.45) is 7.05 Å². The van der Waals surface area contributed by atoms with Gasteiger partial charge in [-0.05, 0) is 26.8 Å². The van der Waals surface area contributed by atoms with Gasteiger partial charge in [-0.25, -0.2) is 4.79 Å². The van der Waals surface area contributed by atoms with Crippen LogP contribution in [-0.2, 0) is 13.6 Å². The molecule has 0 aliphatic rings. The summed E-state index contributed by atoms with van der Waals surface area (Å²) in [5.74, 6) is 0.921. The van der Waals surface area contributed by atoms with Crippen LogP contribution in [0.2, 0.25) is 0 Å². The molecule has 0 aliphatic carbocycles. The van der Waals surface area contributed by atoms with Gasteiger partial charge in [-0.15, -0.1) is 0 Å². The van der Waals surface area contributed by atoms with Crippen molar-refractivity contribution in [2.45, 2.75) is 27.3 Å². The number of rotatable bonds is 3. The predicted molar refractivity (Wildman–Crippen MR) is 74.6 cm³/mol. The standard InChI is InChI=1S/C13H19N5O/c1-8-6-9(2)18(13(19)15-8)7-11-10(3)16-17(5)12(11)14-4/h6,14H,7H2,1-5H3. The van der Waals surface area contributed by atoms with Crippen molar-refractivity contribution in [2.75, 3.05) is 12.4 Å². The van der Waals surface area contributed by atoms with Gasteiger partial charge in [0.2, 0.25) is 0 Å². The summed E-state index contributed by atoms with van der Waals surface area (Å²) in [6, 6.07) is 1.91. The molecule has 0 saturated carbocycles. The van der Waals surface area contributed by atoms with Crippen molar-refractivity contribution in [3.63, 3.8) is 0 Å². The molecule has 0 fully saturated rings. The first-order valence-corrected chi connectivity index (χ1v) is 6.19. The third-order valence-corrected chi connectivity index (χ3v) is 3.25. The summed E-state index contributed by atoms with van der Waals surface area (Å²) in [4.78, 5) is 16.0. The maximum Gasteiger partial charge on any atom is 0.348 e. The number of aromatic nitrogens is 4. The Morgan fingerprint density at radius 3 is 2.58 bits per heavy atom. The Balaban J connectivity index is 2.51. The minimum atomic E-state index is -0.220. The number of nitrogens with zero attached hydrogens (tertiary/aromatic N) is 4. The number of hydrogen-bond acceptors (Lipinski definition) is 4. The lowest BCUT2D eigenvalue weighted by Crippen LogP contribution is -2.26. The second-order valence-electron chi connectivity index (χ2n) is 4.69. The van der Waals surface area contributed by atoms with Gasteiger partial charge in [-0.2, -0.15) is 10.1 Å². The van der Waals surface area contributed by atoms with Crippen molar-refractivity contribution in [3.8, 4) is 0 Å². The van der Waals surface area contributed by atoms with Gasteiger partial charge in [0.25, 0.3) is 0 Å². The molecule has 1 N–H and O–H groups in total. The molecule has 0 unspecified atom stereocenters. The molecular weight excluding hydrogens is 242 g/mol. The second kappa shape index (κ2) is 4.87. The monoisotopic (exact) mass is 261 g/mol. The first-order valence-electron chi connectivity index (χ1n) is 6.19. The zero-order valence-corrected chi connectivity index (χ0v) is 12.0. The number of nitrogens with one attached hydrogen (secondary N) is 1. The summed E-state index contributed by atoms with van der Waals surface area (Å²) in [5.41, 5.74) is 3.36. The molecule has 2 aromatic heterocycles. The molecule has 2 rings (SSSR count). The van der Waals surface area contributed by atoms with Gasteiger partial charge in [0.15, 0.2) is 0 Å². The molecule has 102 valence electrons. The van der Waals surface area contributed by atoms with E-state index in [4.69, 9.17) is 0 Å². The molecule has 0 amide bonds. The molecule has 0 radical (unpaired) electrons. The topological polar surface area (TPSA) is 64.7 Å². The average molecular weight is 261 g/mol. The molecular formula is C13H19N5O. The lowest BCUT2D eigenvalue weighted by Gasteiger charge is -2.11. The number of hydrogen-bond donors (Lipinski definition) is 1. The minimum Gasteiger partial charge on any atom is -0.373 e. The highest BCUT2D eigenvalue weighted by Gasteiger charge is 2.14. The summed E-state index contributed by atoms with van der Waals surface area (Å²) >= 11 is 0. The van der Waals surface area contributed by atoms with Crippen LogP contribution in [0.15, 0.2) is 10.9 Å². The summed E-state index contributed by atoms with van der Waals surface area (Å²) in [7, 11) is 3.73. The predicted octanol–water partition coefficient (Wildman–Crippen LogP) is 0.992. The highest BCUT2D eigenvalue weighted by Crippen LogP contribution is 2.19. The van der Waals surface area contributed by atoms with Crippen LogP contribution in [0.3, 0.4) is 0 Å². The Labute approximate surface area is 112 Å². The Hall–Kier alpha value is -2.11. The van der Waals surface area contributed by atoms with E-state index in [-0.39, 0.29) is 5.69 Å². The van der Waals surface area contributed by atoms with Gasteiger partial charge in [0, 0.05) is 31.0 Å². The van der Waals surface area contributed by atoms with Gasteiger partial charge in [-0.1, -0.05) is 0 Å². The van der Waals surface area contributed by atoms with Crippen molar-refractivity contribution in [1.29, 1.82) is 0 Å². The summed E-state index contributed by atoms with van der Waals surface area (Å²) in [6.45, 7) is 6.17. The quantitative estimate of drug-likeness (QED) is 0.895. The van der Waals surface area contributed by atoms with Gasteiger partial charge >= 0.3 is 5.69 Å². The number of anilines is 1. The molecule has 0 spiro atoms. The zero-order chi connectivity index (χ0) is 14.2. The van der Waals surface area contributed by atoms with Gasteiger partial charge in [0.05, 0.1) is 12.2 Å². The second-order valence-corrected chi connectivity index (χ2v) is 4.69. The third kappa shape index (κ3) is 2.38. The molecule has 6 heteroatoms. The molecule has 19 heavy (non-hydrogen) atoms. The Kier molecular flexibility index (Phi) is 3.42. The Bertz CT molecular complexity index is 668. The van der Waals surface area contributed by atoms with Crippen LogP contribution in [0.1, 0.15) is 22.6 Å². The van der Waals surface area contributed by atoms with Crippen LogP contribution in [0.4, 0.5) is 5.82 Å². The van der Waals surface area contributed by atoms with Crippen LogP contribution in [0, 0.1) is 20.8 Å². The fourth-order valence-corrected chi connectivity index (χ4v) is 2.33. The van der Waals surface area contributed by atoms with E-state index in [1.165, 1.54) is 0 Å². The largest absolute Gasteiger partial charge is 0.373 e. The van der Waals surface area contributed by atoms with Crippen molar-refractivity contribution < 1.29 is 0 Å². The summed E-state index contributed by atoms with van der Waals surface area (Å²) < 4.78 is 3.45. The lowest BCUT2D eigenvalue weighted by atomic mass is 10.2. The van der Waals surface area contributed by atoms with Gasteiger partial charge < -0.3 is 5.32 Å². The third-order valence-electron chi connectivity index (χ3n) is 3.25. The molecule has 6 nitrogen and oxygen atoms in total. The fourth-order valence-electron chi connectivity index (χ4n) is 2.33. The first kappa shape index (κ1) is 13.3. The van der Waals surface area contributed by atoms with Crippen LogP contribution in [-0.4, -0.2) is 26.4 Å². The normalized spacial score (nSPS) is 10.8. The van der Waals surface area contributed by atoms with Gasteiger partial charge in [0.1, 0.15) is 5.82 Å². The molecule has 2 aromatic rings. The summed E-state index contributed by atoms with van der Waals surface area (Å²) in [5, 5.41) is 7.49. The van der Waals surface area contributed by atoms with E-state index in [1.54, 1.807) is 9.25 Å². The lowest BCUT2D eigenvalue weighted by molar-refractivity contribution is 0.692. The SMILES string of the molecule is CNc1c(Cn2c(C)cc(C)nc2=O)c(C)nn1C. The van der Waals surface area contributed by atoms with Crippen LogP contribution < -0.4 is 11.0 Å². The minimum absolute atomic E-state index is 0.220. The van der Waals surface area contributed by atoms with E-state index >= 15 is 0 Å². The van der Waals surface area contributed by atoms with Gasteiger partial charge in [-0.3, -0.25) is 9.25 Å². The highest BCUT2D eigenvalue weighted by atomic mass is 16.1. The smallest absolute Gasteiger partial charge is 0.348 e. The molecule has 0 aromatic carbocycles. The van der Waals surface area contributed by atoms with Crippen molar-refractivity contribution >= 4 is 5.82 Å². The summed E-state index contributed by atoms with van der Waals surface area (Å²) in [6.07, 6.45) is 0. The van der Waals surface area contributed by atoms with Crippen molar-refractivity contribution in [3.05, 3.63) is 39.2 Å². The molecule has 0 atom stereocenters. The average Bonchev–Trinajstić information content (AvgIpc) is 2.57. The van der Waals surface area contributed by atoms with Crippen LogP contribution >= 0.6 is 0 Å². The highest BCUT2D eigenvalue weighted by molar-refractivity contribution is 5.47. The molecule has 0 aliphatic heterocycles. The van der Waals surface area contributed by atoms with Crippen molar-refractivity contribution in [1.82, 2.24) is 19.3 Å². The van der Waals surface area contributed by atoms with E-state index in [2.05, 4.69) is 15.4 Å². The zero-order valence-electron chi connectivity index (χ0n) is 12.0. The van der Waals surface area contributed by atoms with Crippen LogP contribution in [0.5, 0.6) is 0 Å². The maximum absolute atomic E-state index is 12.0. The molecule has 0 bridgehead atoms. The molecule has 2 heterocycles. The first-order chi connectivity index (χ1) is 8.93. The van der Waals surface area contributed by atoms with E-state index < -0.39 is 0 Å². The van der Waals surface area contributed by atoms with E-state index in [0.717, 1.165) is 28.5 Å². The van der Waals surface area contributed by atoms with Crippen LogP contribution in [0.25, 0.3) is 0 Å².